The lowest BCUT2D eigenvalue weighted by Crippen LogP contribution is -2.25. The summed E-state index contributed by atoms with van der Waals surface area (Å²) in [4.78, 5) is 12.2. The second kappa shape index (κ2) is 5.74. The van der Waals surface area contributed by atoms with Crippen LogP contribution in [0.25, 0.3) is 10.8 Å². The Labute approximate surface area is 113 Å². The summed E-state index contributed by atoms with van der Waals surface area (Å²) in [6.07, 6.45) is 0.985. The summed E-state index contributed by atoms with van der Waals surface area (Å²) in [7, 11) is 0. The maximum Gasteiger partial charge on any atom is 0.251 e. The van der Waals surface area contributed by atoms with E-state index in [9.17, 15) is 4.79 Å². The molecule has 0 aliphatic carbocycles. The van der Waals surface area contributed by atoms with Gasteiger partial charge >= 0.3 is 0 Å². The van der Waals surface area contributed by atoms with E-state index in [0.717, 1.165) is 17.2 Å². The van der Waals surface area contributed by atoms with Gasteiger partial charge in [0.25, 0.3) is 5.91 Å². The molecule has 0 bridgehead atoms. The first-order valence-electron chi connectivity index (χ1n) is 6.65. The van der Waals surface area contributed by atoms with E-state index in [-0.39, 0.29) is 5.91 Å². The fraction of sp³-hybridized carbons (Fsp3) is 0.312. The van der Waals surface area contributed by atoms with Crippen molar-refractivity contribution < 1.29 is 4.79 Å². The molecule has 1 amide bonds. The van der Waals surface area contributed by atoms with E-state index in [1.165, 1.54) is 0 Å². The molecule has 3 nitrogen and oxygen atoms in total. The molecule has 0 heterocycles. The quantitative estimate of drug-likeness (QED) is 0.825. The van der Waals surface area contributed by atoms with Gasteiger partial charge in [0.1, 0.15) is 0 Å². The number of fused-ring (bicyclic) bond motifs is 1. The van der Waals surface area contributed by atoms with Crippen LogP contribution >= 0.6 is 0 Å². The minimum atomic E-state index is -0.0307. The number of carbonyl (C=O) groups excluding carboxylic acids is 1. The van der Waals surface area contributed by atoms with Gasteiger partial charge in [-0.05, 0) is 29.9 Å². The number of anilines is 1. The van der Waals surface area contributed by atoms with Crippen molar-refractivity contribution in [2.75, 3.05) is 12.3 Å². The number of hydrogen-bond donors (Lipinski definition) is 2. The lowest BCUT2D eigenvalue weighted by Gasteiger charge is -2.10. The molecule has 0 radical (unpaired) electrons. The first-order valence-corrected chi connectivity index (χ1v) is 6.65. The maximum absolute atomic E-state index is 12.2. The Balaban J connectivity index is 2.25. The molecule has 3 heteroatoms. The van der Waals surface area contributed by atoms with Gasteiger partial charge in [0.15, 0.2) is 0 Å². The van der Waals surface area contributed by atoms with Gasteiger partial charge in [0.2, 0.25) is 0 Å². The van der Waals surface area contributed by atoms with Crippen molar-refractivity contribution in [3.8, 4) is 0 Å². The highest BCUT2D eigenvalue weighted by molar-refractivity contribution is 6.09. The predicted molar refractivity (Wildman–Crippen MR) is 80.1 cm³/mol. The summed E-state index contributed by atoms with van der Waals surface area (Å²) in [6.45, 7) is 4.99. The normalized spacial score (nSPS) is 10.9. The average molecular weight is 256 g/mol. The number of nitrogens with one attached hydrogen (secondary N) is 1. The monoisotopic (exact) mass is 256 g/mol. The van der Waals surface area contributed by atoms with Crippen LogP contribution in [0.4, 0.5) is 5.69 Å². The van der Waals surface area contributed by atoms with Crippen molar-refractivity contribution in [3.63, 3.8) is 0 Å². The van der Waals surface area contributed by atoms with Crippen LogP contribution in [0.2, 0.25) is 0 Å². The highest BCUT2D eigenvalue weighted by Gasteiger charge is 2.10. The van der Waals surface area contributed by atoms with Gasteiger partial charge in [-0.25, -0.2) is 0 Å². The van der Waals surface area contributed by atoms with Crippen LogP contribution in [0.1, 0.15) is 30.6 Å². The molecular formula is C16H20N2O. The van der Waals surface area contributed by atoms with E-state index in [0.29, 0.717) is 23.7 Å². The standard InChI is InChI=1S/C16H20N2O/c1-11(2)9-10-18-16(19)14-7-8-15(17)13-6-4-3-5-12(13)14/h3-8,11H,9-10,17H2,1-2H3,(H,18,19). The number of amides is 1. The second-order valence-corrected chi connectivity index (χ2v) is 5.19. The number of hydrogen-bond acceptors (Lipinski definition) is 2. The minimum Gasteiger partial charge on any atom is -0.398 e. The molecule has 0 unspecified atom stereocenters. The molecule has 19 heavy (non-hydrogen) atoms. The van der Waals surface area contributed by atoms with Crippen LogP contribution in [-0.2, 0) is 0 Å². The van der Waals surface area contributed by atoms with Gasteiger partial charge in [0, 0.05) is 23.2 Å². The van der Waals surface area contributed by atoms with Gasteiger partial charge in [-0.2, -0.15) is 0 Å². The Kier molecular flexibility index (Phi) is 4.05. The van der Waals surface area contributed by atoms with Crippen LogP contribution in [0.5, 0.6) is 0 Å². The van der Waals surface area contributed by atoms with Gasteiger partial charge < -0.3 is 11.1 Å². The third-order valence-electron chi connectivity index (χ3n) is 3.21. The Hall–Kier alpha value is -2.03. The molecule has 100 valence electrons. The first-order chi connectivity index (χ1) is 9.09. The van der Waals surface area contributed by atoms with Crippen LogP contribution < -0.4 is 11.1 Å². The number of carbonyl (C=O) groups is 1. The third kappa shape index (κ3) is 3.05. The molecule has 2 aromatic rings. The van der Waals surface area contributed by atoms with Crippen molar-refractivity contribution >= 4 is 22.4 Å². The zero-order chi connectivity index (χ0) is 13.8. The maximum atomic E-state index is 12.2. The number of rotatable bonds is 4. The second-order valence-electron chi connectivity index (χ2n) is 5.19. The smallest absolute Gasteiger partial charge is 0.251 e. The summed E-state index contributed by atoms with van der Waals surface area (Å²) < 4.78 is 0. The molecule has 0 saturated heterocycles. The van der Waals surface area contributed by atoms with E-state index in [4.69, 9.17) is 5.73 Å². The molecule has 0 saturated carbocycles. The molecule has 0 aromatic heterocycles. The molecule has 0 aliphatic rings. The van der Waals surface area contributed by atoms with Crippen LogP contribution in [0.3, 0.4) is 0 Å². The van der Waals surface area contributed by atoms with E-state index in [1.54, 1.807) is 12.1 Å². The molecule has 0 atom stereocenters. The fourth-order valence-corrected chi connectivity index (χ4v) is 2.09. The van der Waals surface area contributed by atoms with Gasteiger partial charge in [0.05, 0.1) is 0 Å². The third-order valence-corrected chi connectivity index (χ3v) is 3.21. The molecule has 3 N–H and O–H groups in total. The first kappa shape index (κ1) is 13.4. The minimum absolute atomic E-state index is 0.0307. The van der Waals surface area contributed by atoms with Crippen LogP contribution in [0, 0.1) is 5.92 Å². The Bertz CT molecular complexity index is 590. The highest BCUT2D eigenvalue weighted by Crippen LogP contribution is 2.24. The summed E-state index contributed by atoms with van der Waals surface area (Å²) in [5.41, 5.74) is 7.32. The van der Waals surface area contributed by atoms with Crippen molar-refractivity contribution in [2.24, 2.45) is 5.92 Å². The van der Waals surface area contributed by atoms with Crippen LogP contribution in [-0.4, -0.2) is 12.5 Å². The largest absolute Gasteiger partial charge is 0.398 e. The van der Waals surface area contributed by atoms with E-state index >= 15 is 0 Å². The predicted octanol–water partition coefficient (Wildman–Crippen LogP) is 3.20. The Morgan fingerprint density at radius 2 is 1.84 bits per heavy atom. The molecule has 2 aromatic carbocycles. The lowest BCUT2D eigenvalue weighted by atomic mass is 10.0. The topological polar surface area (TPSA) is 55.1 Å². The van der Waals surface area contributed by atoms with Crippen molar-refractivity contribution in [3.05, 3.63) is 42.0 Å². The molecule has 0 aliphatic heterocycles. The fourth-order valence-electron chi connectivity index (χ4n) is 2.09. The summed E-state index contributed by atoms with van der Waals surface area (Å²) in [5, 5.41) is 4.80. The van der Waals surface area contributed by atoms with E-state index in [1.807, 2.05) is 24.3 Å². The Morgan fingerprint density at radius 3 is 2.53 bits per heavy atom. The molecule has 2 rings (SSSR count). The summed E-state index contributed by atoms with van der Waals surface area (Å²) in [6, 6.07) is 11.3. The van der Waals surface area contributed by atoms with Gasteiger partial charge in [-0.15, -0.1) is 0 Å². The SMILES string of the molecule is CC(C)CCNC(=O)c1ccc(N)c2ccccc12. The van der Waals surface area contributed by atoms with Gasteiger partial charge in [-0.1, -0.05) is 38.1 Å². The van der Waals surface area contributed by atoms with E-state index < -0.39 is 0 Å². The van der Waals surface area contributed by atoms with Crippen molar-refractivity contribution in [1.29, 1.82) is 0 Å². The zero-order valence-corrected chi connectivity index (χ0v) is 11.4. The summed E-state index contributed by atoms with van der Waals surface area (Å²) >= 11 is 0. The number of benzene rings is 2. The van der Waals surface area contributed by atoms with Crippen molar-refractivity contribution in [1.82, 2.24) is 5.32 Å². The average Bonchev–Trinajstić information content (AvgIpc) is 2.39. The van der Waals surface area contributed by atoms with Gasteiger partial charge in [-0.3, -0.25) is 4.79 Å². The number of nitrogens with two attached hydrogens (primary N) is 1. The zero-order valence-electron chi connectivity index (χ0n) is 11.4. The molecular weight excluding hydrogens is 236 g/mol. The Morgan fingerprint density at radius 1 is 1.16 bits per heavy atom. The number of nitrogen functional groups attached to an aromatic ring is 1. The molecule has 0 spiro atoms. The van der Waals surface area contributed by atoms with Crippen molar-refractivity contribution in [2.45, 2.75) is 20.3 Å². The summed E-state index contributed by atoms with van der Waals surface area (Å²) in [5.74, 6) is 0.556. The van der Waals surface area contributed by atoms with Crippen LogP contribution in [0.15, 0.2) is 36.4 Å². The lowest BCUT2D eigenvalue weighted by molar-refractivity contribution is 0.0953. The van der Waals surface area contributed by atoms with E-state index in [2.05, 4.69) is 19.2 Å². The molecule has 0 fully saturated rings. The highest BCUT2D eigenvalue weighted by atomic mass is 16.1.